The lowest BCUT2D eigenvalue weighted by molar-refractivity contribution is -0.0586. The number of carbonyl (C=O) groups is 1. The molecular weight excluding hydrogens is 328 g/mol. The van der Waals surface area contributed by atoms with E-state index in [9.17, 15) is 4.79 Å². The zero-order chi connectivity index (χ0) is 18.5. The van der Waals surface area contributed by atoms with Crippen LogP contribution in [0.2, 0.25) is 0 Å². The summed E-state index contributed by atoms with van der Waals surface area (Å²) in [5.41, 5.74) is 7.66. The topological polar surface area (TPSA) is 80.0 Å². The van der Waals surface area contributed by atoms with Crippen molar-refractivity contribution in [2.45, 2.75) is 51.9 Å². The molecule has 3 rings (SSSR count). The molecule has 1 heterocycles. The summed E-state index contributed by atoms with van der Waals surface area (Å²) in [4.78, 5) is 18.9. The van der Waals surface area contributed by atoms with Crippen LogP contribution in [-0.4, -0.2) is 48.6 Å². The minimum Gasteiger partial charge on any atom is -0.372 e. The maximum Gasteiger partial charge on any atom is 0.254 e. The van der Waals surface area contributed by atoms with Gasteiger partial charge in [-0.2, -0.15) is 0 Å². The first-order chi connectivity index (χ1) is 12.5. The highest BCUT2D eigenvalue weighted by Crippen LogP contribution is 2.25. The molecule has 0 aromatic heterocycles. The number of hydrogen-bond acceptors (Lipinski definition) is 3. The SMILES string of the molecule is CC1CN(C(=O)c2ccc(CN=C(N)NCC3CCC3)cc2)CC(C)O1. The number of guanidine groups is 1. The second kappa shape index (κ2) is 8.54. The highest BCUT2D eigenvalue weighted by molar-refractivity contribution is 5.94. The molecule has 1 aromatic carbocycles. The van der Waals surface area contributed by atoms with Crippen molar-refractivity contribution < 1.29 is 9.53 Å². The van der Waals surface area contributed by atoms with E-state index in [1.165, 1.54) is 19.3 Å². The summed E-state index contributed by atoms with van der Waals surface area (Å²) in [6, 6.07) is 7.64. The zero-order valence-corrected chi connectivity index (χ0v) is 15.8. The van der Waals surface area contributed by atoms with Gasteiger partial charge in [-0.25, -0.2) is 4.99 Å². The van der Waals surface area contributed by atoms with Crippen molar-refractivity contribution in [3.63, 3.8) is 0 Å². The molecule has 2 aliphatic rings. The van der Waals surface area contributed by atoms with Gasteiger partial charge in [-0.3, -0.25) is 4.79 Å². The quantitative estimate of drug-likeness (QED) is 0.624. The number of nitrogens with two attached hydrogens (primary N) is 1. The summed E-state index contributed by atoms with van der Waals surface area (Å²) in [7, 11) is 0. The van der Waals surface area contributed by atoms with E-state index < -0.39 is 0 Å². The average molecular weight is 358 g/mol. The van der Waals surface area contributed by atoms with Crippen LogP contribution in [0.5, 0.6) is 0 Å². The molecule has 1 saturated heterocycles. The van der Waals surface area contributed by atoms with Gasteiger partial charge in [-0.1, -0.05) is 18.6 Å². The van der Waals surface area contributed by atoms with Gasteiger partial charge in [-0.05, 0) is 50.3 Å². The third-order valence-corrected chi connectivity index (χ3v) is 5.14. The van der Waals surface area contributed by atoms with E-state index in [4.69, 9.17) is 10.5 Å². The van der Waals surface area contributed by atoms with Gasteiger partial charge in [0.1, 0.15) is 0 Å². The summed E-state index contributed by atoms with van der Waals surface area (Å²) in [6.07, 6.45) is 4.06. The Balaban J connectivity index is 1.51. The fraction of sp³-hybridized carbons (Fsp3) is 0.600. The van der Waals surface area contributed by atoms with E-state index in [0.717, 1.165) is 18.0 Å². The van der Waals surface area contributed by atoms with Gasteiger partial charge in [0, 0.05) is 25.2 Å². The maximum atomic E-state index is 12.7. The number of hydrogen-bond donors (Lipinski definition) is 2. The van der Waals surface area contributed by atoms with E-state index in [1.807, 2.05) is 43.0 Å². The third-order valence-electron chi connectivity index (χ3n) is 5.14. The monoisotopic (exact) mass is 358 g/mol. The van der Waals surface area contributed by atoms with Crippen LogP contribution in [0.15, 0.2) is 29.3 Å². The predicted molar refractivity (Wildman–Crippen MR) is 103 cm³/mol. The number of aliphatic imine (C=N–C) groups is 1. The number of nitrogens with zero attached hydrogens (tertiary/aromatic N) is 2. The van der Waals surface area contributed by atoms with Crippen molar-refractivity contribution in [3.8, 4) is 0 Å². The Labute approximate surface area is 155 Å². The Morgan fingerprint density at radius 3 is 2.46 bits per heavy atom. The minimum absolute atomic E-state index is 0.0590. The van der Waals surface area contributed by atoms with Gasteiger partial charge in [0.05, 0.1) is 18.8 Å². The van der Waals surface area contributed by atoms with Crippen molar-refractivity contribution in [2.75, 3.05) is 19.6 Å². The van der Waals surface area contributed by atoms with E-state index in [-0.39, 0.29) is 18.1 Å². The Bertz CT molecular complexity index is 630. The van der Waals surface area contributed by atoms with Crippen molar-refractivity contribution in [1.82, 2.24) is 10.2 Å². The van der Waals surface area contributed by atoms with Gasteiger partial charge in [-0.15, -0.1) is 0 Å². The van der Waals surface area contributed by atoms with Gasteiger partial charge in [0.15, 0.2) is 5.96 Å². The largest absolute Gasteiger partial charge is 0.372 e. The lowest BCUT2D eigenvalue weighted by atomic mass is 9.85. The van der Waals surface area contributed by atoms with Crippen LogP contribution in [0.1, 0.15) is 49.0 Å². The molecule has 0 bridgehead atoms. The minimum atomic E-state index is 0.0590. The number of carbonyl (C=O) groups excluding carboxylic acids is 1. The smallest absolute Gasteiger partial charge is 0.254 e. The molecule has 6 nitrogen and oxygen atoms in total. The number of ether oxygens (including phenoxy) is 1. The molecule has 142 valence electrons. The van der Waals surface area contributed by atoms with Gasteiger partial charge >= 0.3 is 0 Å². The van der Waals surface area contributed by atoms with E-state index in [0.29, 0.717) is 31.2 Å². The van der Waals surface area contributed by atoms with Crippen LogP contribution in [0.4, 0.5) is 0 Å². The lowest BCUT2D eigenvalue weighted by Gasteiger charge is -2.35. The second-order valence-corrected chi connectivity index (χ2v) is 7.54. The standard InChI is InChI=1S/C20H30N4O2/c1-14-12-24(13-15(2)26-14)19(25)18-8-6-17(7-9-18)11-23-20(21)22-10-16-4-3-5-16/h6-9,14-16H,3-5,10-13H2,1-2H3,(H3,21,22,23). The van der Waals surface area contributed by atoms with Crippen LogP contribution in [0, 0.1) is 5.92 Å². The summed E-state index contributed by atoms with van der Waals surface area (Å²) in [6.45, 7) is 6.71. The van der Waals surface area contributed by atoms with E-state index >= 15 is 0 Å². The Kier molecular flexibility index (Phi) is 6.14. The molecule has 1 aliphatic heterocycles. The predicted octanol–water partition coefficient (Wildman–Crippen LogP) is 2.14. The lowest BCUT2D eigenvalue weighted by Crippen LogP contribution is -2.48. The van der Waals surface area contributed by atoms with Crippen LogP contribution in [0.25, 0.3) is 0 Å². The summed E-state index contributed by atoms with van der Waals surface area (Å²) in [5, 5.41) is 3.19. The average Bonchev–Trinajstić information content (AvgIpc) is 2.57. The first-order valence-corrected chi connectivity index (χ1v) is 9.58. The summed E-state index contributed by atoms with van der Waals surface area (Å²) >= 11 is 0. The normalized spacial score (nSPS) is 24.2. The maximum absolute atomic E-state index is 12.7. The first kappa shape index (κ1) is 18.7. The highest BCUT2D eigenvalue weighted by Gasteiger charge is 2.26. The van der Waals surface area contributed by atoms with Crippen LogP contribution in [0.3, 0.4) is 0 Å². The first-order valence-electron chi connectivity index (χ1n) is 9.58. The third kappa shape index (κ3) is 4.97. The van der Waals surface area contributed by atoms with E-state index in [1.54, 1.807) is 0 Å². The summed E-state index contributed by atoms with van der Waals surface area (Å²) < 4.78 is 5.69. The highest BCUT2D eigenvalue weighted by atomic mass is 16.5. The molecule has 0 spiro atoms. The molecule has 2 atom stereocenters. The van der Waals surface area contributed by atoms with Gasteiger partial charge < -0.3 is 20.7 Å². The zero-order valence-electron chi connectivity index (χ0n) is 15.8. The molecule has 1 saturated carbocycles. The molecule has 3 N–H and O–H groups in total. The fourth-order valence-corrected chi connectivity index (χ4v) is 3.46. The molecule has 1 aliphatic carbocycles. The van der Waals surface area contributed by atoms with E-state index in [2.05, 4.69) is 10.3 Å². The van der Waals surface area contributed by atoms with Crippen LogP contribution >= 0.6 is 0 Å². The van der Waals surface area contributed by atoms with Crippen molar-refractivity contribution in [2.24, 2.45) is 16.6 Å². The molecule has 6 heteroatoms. The molecule has 26 heavy (non-hydrogen) atoms. The molecule has 2 fully saturated rings. The van der Waals surface area contributed by atoms with Crippen molar-refractivity contribution >= 4 is 11.9 Å². The molecule has 2 unspecified atom stereocenters. The number of rotatable bonds is 5. The number of nitrogens with one attached hydrogen (secondary N) is 1. The second-order valence-electron chi connectivity index (χ2n) is 7.54. The summed E-state index contributed by atoms with van der Waals surface area (Å²) in [5.74, 6) is 1.30. The van der Waals surface area contributed by atoms with Gasteiger partial charge in [0.2, 0.25) is 0 Å². The number of benzene rings is 1. The molecule has 1 aromatic rings. The number of morpholine rings is 1. The van der Waals surface area contributed by atoms with Crippen molar-refractivity contribution in [1.29, 1.82) is 0 Å². The Hall–Kier alpha value is -2.08. The van der Waals surface area contributed by atoms with Crippen LogP contribution in [-0.2, 0) is 11.3 Å². The van der Waals surface area contributed by atoms with Crippen LogP contribution < -0.4 is 11.1 Å². The molecular formula is C20H30N4O2. The Morgan fingerprint density at radius 1 is 1.23 bits per heavy atom. The number of amides is 1. The van der Waals surface area contributed by atoms with Gasteiger partial charge in [0.25, 0.3) is 5.91 Å². The van der Waals surface area contributed by atoms with Crippen molar-refractivity contribution in [3.05, 3.63) is 35.4 Å². The fourth-order valence-electron chi connectivity index (χ4n) is 3.46. The molecule has 0 radical (unpaired) electrons. The Morgan fingerprint density at radius 2 is 1.88 bits per heavy atom. The molecule has 1 amide bonds.